The van der Waals surface area contributed by atoms with Crippen LogP contribution in [0.2, 0.25) is 54.4 Å². The third-order valence-corrected chi connectivity index (χ3v) is 23.5. The molecule has 1 aliphatic heterocycles. The van der Waals surface area contributed by atoms with E-state index in [0.29, 0.717) is 6.61 Å². The van der Waals surface area contributed by atoms with Crippen molar-refractivity contribution >= 4 is 30.8 Å². The fourth-order valence-electron chi connectivity index (χ4n) is 5.85. The van der Waals surface area contributed by atoms with Crippen molar-refractivity contribution in [3.63, 3.8) is 0 Å². The first-order chi connectivity index (χ1) is 18.1. The van der Waals surface area contributed by atoms with Gasteiger partial charge in [0, 0.05) is 6.20 Å². The lowest BCUT2D eigenvalue weighted by Crippen LogP contribution is -2.53. The quantitative estimate of drug-likeness (QED) is 0.208. The van der Waals surface area contributed by atoms with E-state index < -0.39 is 43.0 Å². The maximum atomic E-state index is 13.1. The Bertz CT molecular complexity index is 881. The summed E-state index contributed by atoms with van der Waals surface area (Å²) >= 11 is 0. The highest BCUT2D eigenvalue weighted by Crippen LogP contribution is 2.40. The summed E-state index contributed by atoms with van der Waals surface area (Å²) in [4.78, 5) is 17.1. The summed E-state index contributed by atoms with van der Waals surface area (Å²) in [5.74, 6) is 0.202. The molecule has 1 saturated heterocycles. The van der Waals surface area contributed by atoms with Crippen LogP contribution in [0.4, 0.5) is 5.82 Å². The van der Waals surface area contributed by atoms with Gasteiger partial charge in [0.05, 0.1) is 6.61 Å². The van der Waals surface area contributed by atoms with Crippen molar-refractivity contribution in [2.24, 2.45) is 0 Å². The van der Waals surface area contributed by atoms with Crippen molar-refractivity contribution in [2.45, 2.75) is 141 Å². The Morgan fingerprint density at radius 2 is 1.24 bits per heavy atom. The lowest BCUT2D eigenvalue weighted by molar-refractivity contribution is -0.0504. The predicted molar refractivity (Wildman–Crippen MR) is 164 cm³/mol. The summed E-state index contributed by atoms with van der Waals surface area (Å²) in [5.41, 5.74) is 5.41. The summed E-state index contributed by atoms with van der Waals surface area (Å²) in [5, 5.41) is 0. The van der Waals surface area contributed by atoms with Gasteiger partial charge in [-0.25, -0.2) is 4.79 Å². The van der Waals surface area contributed by atoms with Crippen LogP contribution in [0.1, 0.15) is 68.5 Å². The lowest BCUT2D eigenvalue weighted by atomic mass is 10.1. The SMILES string of the molecule is CC[Si](CC)(CC)OCC1OC(n2ccc(N)nc2=O)C(O[Si](CC)(CC)CC)C1O[Si](CC)(CC)CC. The molecule has 0 spiro atoms. The summed E-state index contributed by atoms with van der Waals surface area (Å²) in [7, 11) is -5.98. The molecule has 1 aromatic rings. The highest BCUT2D eigenvalue weighted by molar-refractivity contribution is 6.74. The second-order valence-corrected chi connectivity index (χ2v) is 25.0. The van der Waals surface area contributed by atoms with E-state index in [1.807, 2.05) is 0 Å². The number of hydrogen-bond acceptors (Lipinski definition) is 7. The Morgan fingerprint density at radius 3 is 1.66 bits per heavy atom. The van der Waals surface area contributed by atoms with Crippen molar-refractivity contribution in [3.05, 3.63) is 22.7 Å². The molecule has 2 N–H and O–H groups in total. The fourth-order valence-corrected chi connectivity index (χ4v) is 14.2. The maximum Gasteiger partial charge on any atom is 0.351 e. The fraction of sp³-hybridized carbons (Fsp3) is 0.852. The smallest absolute Gasteiger partial charge is 0.351 e. The number of hydrogen-bond donors (Lipinski definition) is 1. The summed E-state index contributed by atoms with van der Waals surface area (Å²) in [6.07, 6.45) is 0.0241. The molecule has 0 aliphatic carbocycles. The van der Waals surface area contributed by atoms with Crippen LogP contribution in [-0.2, 0) is 18.0 Å². The second-order valence-electron chi connectivity index (χ2n) is 10.8. The Labute approximate surface area is 234 Å². The van der Waals surface area contributed by atoms with Crippen molar-refractivity contribution in [1.29, 1.82) is 0 Å². The topological polar surface area (TPSA) is 97.8 Å². The molecular formula is C27H55N3O5Si3. The van der Waals surface area contributed by atoms with Crippen molar-refractivity contribution < 1.29 is 18.0 Å². The minimum Gasteiger partial charge on any atom is -0.414 e. The van der Waals surface area contributed by atoms with Crippen molar-refractivity contribution in [3.8, 4) is 0 Å². The van der Waals surface area contributed by atoms with E-state index in [-0.39, 0.29) is 18.0 Å². The Morgan fingerprint density at radius 1 is 0.789 bits per heavy atom. The van der Waals surface area contributed by atoms with Crippen LogP contribution in [0.15, 0.2) is 17.1 Å². The molecule has 1 aromatic heterocycles. The molecule has 38 heavy (non-hydrogen) atoms. The highest BCUT2D eigenvalue weighted by Gasteiger charge is 2.53. The van der Waals surface area contributed by atoms with Gasteiger partial charge >= 0.3 is 5.69 Å². The third-order valence-electron chi connectivity index (χ3n) is 9.54. The number of nitrogens with zero attached hydrogens (tertiary/aromatic N) is 2. The van der Waals surface area contributed by atoms with Gasteiger partial charge in [-0.3, -0.25) is 4.57 Å². The van der Waals surface area contributed by atoms with E-state index in [4.69, 9.17) is 23.7 Å². The molecule has 0 saturated carbocycles. The molecule has 1 fully saturated rings. The summed E-state index contributed by atoms with van der Waals surface area (Å²) in [6.45, 7) is 20.6. The minimum atomic E-state index is -2.08. The van der Waals surface area contributed by atoms with E-state index in [0.717, 1.165) is 54.4 Å². The summed E-state index contributed by atoms with van der Waals surface area (Å²) in [6, 6.07) is 10.9. The highest BCUT2D eigenvalue weighted by atomic mass is 28.4. The predicted octanol–water partition coefficient (Wildman–Crippen LogP) is 6.53. The Balaban J connectivity index is 2.63. The van der Waals surface area contributed by atoms with Gasteiger partial charge in [-0.1, -0.05) is 62.3 Å². The molecular weight excluding hydrogens is 531 g/mol. The Hall–Kier alpha value is -0.829. The number of nitrogen functional groups attached to an aromatic ring is 1. The van der Waals surface area contributed by atoms with Crippen LogP contribution in [0.3, 0.4) is 0 Å². The van der Waals surface area contributed by atoms with Gasteiger partial charge in [-0.15, -0.1) is 0 Å². The zero-order valence-corrected chi connectivity index (χ0v) is 28.5. The number of rotatable bonds is 17. The first-order valence-electron chi connectivity index (χ1n) is 15.1. The average molecular weight is 586 g/mol. The molecule has 1 aliphatic rings. The lowest BCUT2D eigenvalue weighted by Gasteiger charge is -2.40. The van der Waals surface area contributed by atoms with Crippen LogP contribution in [0, 0.1) is 0 Å². The molecule has 0 amide bonds. The summed E-state index contributed by atoms with van der Waals surface area (Å²) < 4.78 is 29.5. The van der Waals surface area contributed by atoms with Gasteiger partial charge in [0.15, 0.2) is 31.2 Å². The molecule has 0 aromatic carbocycles. The van der Waals surface area contributed by atoms with Crippen LogP contribution >= 0.6 is 0 Å². The van der Waals surface area contributed by atoms with Crippen molar-refractivity contribution in [1.82, 2.24) is 9.55 Å². The number of ether oxygens (including phenoxy) is 1. The minimum absolute atomic E-state index is 0.202. The molecule has 2 heterocycles. The number of aromatic nitrogens is 2. The first-order valence-corrected chi connectivity index (χ1v) is 22.7. The van der Waals surface area contributed by atoms with E-state index in [2.05, 4.69) is 67.3 Å². The van der Waals surface area contributed by atoms with E-state index in [1.165, 1.54) is 0 Å². The van der Waals surface area contributed by atoms with Gasteiger partial charge in [-0.05, 0) is 60.5 Å². The molecule has 0 radical (unpaired) electrons. The van der Waals surface area contributed by atoms with E-state index >= 15 is 0 Å². The van der Waals surface area contributed by atoms with Crippen LogP contribution < -0.4 is 11.4 Å². The van der Waals surface area contributed by atoms with Gasteiger partial charge in [0.2, 0.25) is 0 Å². The van der Waals surface area contributed by atoms with Crippen molar-refractivity contribution in [2.75, 3.05) is 12.3 Å². The van der Waals surface area contributed by atoms with Crippen LogP contribution in [0.25, 0.3) is 0 Å². The van der Waals surface area contributed by atoms with E-state index in [1.54, 1.807) is 16.8 Å². The zero-order chi connectivity index (χ0) is 28.6. The number of nitrogens with two attached hydrogens (primary N) is 1. The average Bonchev–Trinajstić information content (AvgIpc) is 3.27. The molecule has 220 valence electrons. The Kier molecular flexibility index (Phi) is 12.9. The van der Waals surface area contributed by atoms with Gasteiger partial charge in [-0.2, -0.15) is 4.98 Å². The van der Waals surface area contributed by atoms with Gasteiger partial charge < -0.3 is 23.7 Å². The zero-order valence-electron chi connectivity index (χ0n) is 25.5. The number of anilines is 1. The second kappa shape index (κ2) is 14.7. The first kappa shape index (κ1) is 33.4. The molecule has 8 nitrogen and oxygen atoms in total. The van der Waals surface area contributed by atoms with Crippen LogP contribution in [0.5, 0.6) is 0 Å². The molecule has 2 rings (SSSR count). The maximum absolute atomic E-state index is 13.1. The molecule has 0 bridgehead atoms. The third kappa shape index (κ3) is 7.27. The standard InChI is InChI=1S/C27H55N3O5Si3/c1-10-36(11-2,12-3)32-21-22-24(34-37(13-4,14-5)15-6)25(35-38(16-7,17-8)18-9)26(33-22)30-20-19-23(28)29-27(30)31/h19-20,22,24-26H,10-18,21H2,1-9H3,(H2,28,29,31). The largest absolute Gasteiger partial charge is 0.414 e. The monoisotopic (exact) mass is 585 g/mol. The van der Waals surface area contributed by atoms with Gasteiger partial charge in [0.1, 0.15) is 24.1 Å². The molecule has 4 unspecified atom stereocenters. The van der Waals surface area contributed by atoms with E-state index in [9.17, 15) is 4.79 Å². The normalized spacial score (nSPS) is 22.8. The molecule has 4 atom stereocenters. The molecule has 11 heteroatoms. The van der Waals surface area contributed by atoms with Crippen LogP contribution in [-0.4, -0.2) is 59.4 Å². The van der Waals surface area contributed by atoms with Gasteiger partial charge in [0.25, 0.3) is 0 Å².